The summed E-state index contributed by atoms with van der Waals surface area (Å²) >= 11 is 0. The van der Waals surface area contributed by atoms with Crippen LogP contribution in [-0.2, 0) is 0 Å². The van der Waals surface area contributed by atoms with Gasteiger partial charge in [-0.1, -0.05) is 0 Å². The molecule has 0 atom stereocenters. The van der Waals surface area contributed by atoms with Crippen molar-refractivity contribution < 1.29 is 8.83 Å². The standard InChI is InChI=1S/C15H10N2O4/c1-5-7(3)16-13-11(5)10-6(2)12-9(4-8(10)17-13)20-14(18)15(19)21-12/h4H,1-3H3. The Morgan fingerprint density at radius 1 is 1.00 bits per heavy atom. The summed E-state index contributed by atoms with van der Waals surface area (Å²) in [7, 11) is 0. The molecular weight excluding hydrogens is 272 g/mol. The van der Waals surface area contributed by atoms with Crippen LogP contribution in [0.15, 0.2) is 40.0 Å². The highest BCUT2D eigenvalue weighted by atomic mass is 16.5. The predicted molar refractivity (Wildman–Crippen MR) is 78.6 cm³/mol. The molecule has 0 radical (unpaired) electrons. The van der Waals surface area contributed by atoms with E-state index in [2.05, 4.69) is 9.98 Å². The topological polar surface area (TPSA) is 85.1 Å². The zero-order valence-electron chi connectivity index (χ0n) is 11.6. The summed E-state index contributed by atoms with van der Waals surface area (Å²) in [6.07, 6.45) is 0. The fourth-order valence-corrected chi connectivity index (χ4v) is 2.78. The summed E-state index contributed by atoms with van der Waals surface area (Å²) in [6.45, 7) is 5.73. The quantitative estimate of drug-likeness (QED) is 0.694. The van der Waals surface area contributed by atoms with Crippen molar-refractivity contribution in [1.82, 2.24) is 0 Å². The molecule has 2 aromatic rings. The maximum atomic E-state index is 11.4. The summed E-state index contributed by atoms with van der Waals surface area (Å²) in [4.78, 5) is 31.6. The third kappa shape index (κ3) is 1.41. The first-order valence-corrected chi connectivity index (χ1v) is 6.45. The number of nitrogens with zero attached hydrogens (tertiary/aromatic N) is 2. The van der Waals surface area contributed by atoms with E-state index in [1.165, 1.54) is 0 Å². The monoisotopic (exact) mass is 282 g/mol. The molecule has 0 aliphatic carbocycles. The van der Waals surface area contributed by atoms with Gasteiger partial charge < -0.3 is 8.83 Å². The third-order valence-electron chi connectivity index (χ3n) is 3.92. The van der Waals surface area contributed by atoms with E-state index in [9.17, 15) is 9.59 Å². The molecule has 0 amide bonds. The smallest absolute Gasteiger partial charge is 0.414 e. The average molecular weight is 282 g/mol. The van der Waals surface area contributed by atoms with Crippen molar-refractivity contribution >= 4 is 34.0 Å². The van der Waals surface area contributed by atoms with Crippen LogP contribution >= 0.6 is 0 Å². The second-order valence-corrected chi connectivity index (χ2v) is 5.13. The lowest BCUT2D eigenvalue weighted by molar-refractivity contribution is 0.447. The van der Waals surface area contributed by atoms with Crippen molar-refractivity contribution in [3.63, 3.8) is 0 Å². The summed E-state index contributed by atoms with van der Waals surface area (Å²) in [5, 5.41) is 0. The van der Waals surface area contributed by atoms with Crippen molar-refractivity contribution in [2.24, 2.45) is 9.98 Å². The van der Waals surface area contributed by atoms with Gasteiger partial charge in [0, 0.05) is 28.5 Å². The van der Waals surface area contributed by atoms with E-state index in [1.54, 1.807) is 6.07 Å². The Balaban J connectivity index is 2.16. The van der Waals surface area contributed by atoms with Crippen LogP contribution in [0.25, 0.3) is 16.7 Å². The fraction of sp³-hybridized carbons (Fsp3) is 0.200. The van der Waals surface area contributed by atoms with Crippen molar-refractivity contribution in [1.29, 1.82) is 0 Å². The highest BCUT2D eigenvalue weighted by Gasteiger charge is 2.31. The zero-order valence-corrected chi connectivity index (χ0v) is 11.6. The first-order valence-electron chi connectivity index (χ1n) is 6.45. The fourth-order valence-electron chi connectivity index (χ4n) is 2.78. The molecule has 21 heavy (non-hydrogen) atoms. The minimum atomic E-state index is -1.02. The molecule has 2 aliphatic rings. The second kappa shape index (κ2) is 3.66. The third-order valence-corrected chi connectivity index (χ3v) is 3.92. The molecule has 0 bridgehead atoms. The van der Waals surface area contributed by atoms with Gasteiger partial charge >= 0.3 is 11.3 Å². The van der Waals surface area contributed by atoms with Gasteiger partial charge in [-0.3, -0.25) is 0 Å². The summed E-state index contributed by atoms with van der Waals surface area (Å²) in [5.41, 5.74) is 3.69. The lowest BCUT2D eigenvalue weighted by Gasteiger charge is -2.07. The molecule has 1 aromatic carbocycles. The molecular formula is C15H10N2O4. The van der Waals surface area contributed by atoms with Crippen molar-refractivity contribution in [3.8, 4) is 0 Å². The Kier molecular flexibility index (Phi) is 2.10. The molecule has 0 fully saturated rings. The second-order valence-electron chi connectivity index (χ2n) is 5.13. The zero-order chi connectivity index (χ0) is 14.9. The molecule has 4 rings (SSSR count). The van der Waals surface area contributed by atoms with Gasteiger partial charge in [-0.15, -0.1) is 0 Å². The number of fused-ring (bicyclic) bond motifs is 4. The Morgan fingerprint density at radius 2 is 1.71 bits per heavy atom. The largest absolute Gasteiger partial charge is 0.423 e. The van der Waals surface area contributed by atoms with Gasteiger partial charge in [-0.2, -0.15) is 0 Å². The lowest BCUT2D eigenvalue weighted by Crippen LogP contribution is -2.21. The maximum Gasteiger partial charge on any atom is 0.423 e. The molecule has 6 nitrogen and oxygen atoms in total. The molecule has 2 aliphatic heterocycles. The number of hydrogen-bond donors (Lipinski definition) is 0. The van der Waals surface area contributed by atoms with Gasteiger partial charge in [0.15, 0.2) is 17.0 Å². The first-order chi connectivity index (χ1) is 9.97. The van der Waals surface area contributed by atoms with E-state index in [4.69, 9.17) is 8.83 Å². The Hall–Kier alpha value is -2.76. The van der Waals surface area contributed by atoms with Crippen molar-refractivity contribution in [3.05, 3.63) is 43.6 Å². The highest BCUT2D eigenvalue weighted by molar-refractivity contribution is 6.40. The lowest BCUT2D eigenvalue weighted by atomic mass is 9.96. The van der Waals surface area contributed by atoms with Gasteiger partial charge in [-0.25, -0.2) is 19.6 Å². The van der Waals surface area contributed by atoms with Gasteiger partial charge in [0.05, 0.1) is 5.69 Å². The van der Waals surface area contributed by atoms with E-state index < -0.39 is 11.3 Å². The number of rotatable bonds is 0. The first kappa shape index (κ1) is 12.0. The molecule has 104 valence electrons. The number of hydrogen-bond acceptors (Lipinski definition) is 6. The van der Waals surface area contributed by atoms with Crippen molar-refractivity contribution in [2.45, 2.75) is 20.8 Å². The van der Waals surface area contributed by atoms with E-state index in [1.807, 2.05) is 20.8 Å². The van der Waals surface area contributed by atoms with Gasteiger partial charge in [0.25, 0.3) is 0 Å². The number of amidine groups is 1. The van der Waals surface area contributed by atoms with Gasteiger partial charge in [0.1, 0.15) is 0 Å². The Morgan fingerprint density at radius 3 is 2.48 bits per heavy atom. The molecule has 0 saturated carbocycles. The molecule has 0 spiro atoms. The number of aryl methyl sites for hydroxylation is 1. The molecule has 6 heteroatoms. The average Bonchev–Trinajstić information content (AvgIpc) is 2.90. The summed E-state index contributed by atoms with van der Waals surface area (Å²) in [6, 6.07) is 1.61. The van der Waals surface area contributed by atoms with Crippen LogP contribution in [0.5, 0.6) is 0 Å². The minimum Gasteiger partial charge on any atom is -0.414 e. The van der Waals surface area contributed by atoms with Crippen LogP contribution < -0.4 is 11.3 Å². The van der Waals surface area contributed by atoms with E-state index in [0.29, 0.717) is 11.5 Å². The highest BCUT2D eigenvalue weighted by Crippen LogP contribution is 2.44. The molecule has 3 heterocycles. The SMILES string of the molecule is CC1=NC2=Nc3cc4oc(=O)c(=O)oc4c(C)c3C2=C1C. The van der Waals surface area contributed by atoms with E-state index in [-0.39, 0.29) is 11.2 Å². The summed E-state index contributed by atoms with van der Waals surface area (Å²) in [5.74, 6) is 0.656. The van der Waals surface area contributed by atoms with Crippen molar-refractivity contribution in [2.75, 3.05) is 0 Å². The van der Waals surface area contributed by atoms with E-state index >= 15 is 0 Å². The maximum absolute atomic E-state index is 11.4. The normalized spacial score (nSPS) is 16.1. The van der Waals surface area contributed by atoms with Crippen LogP contribution in [0.3, 0.4) is 0 Å². The number of benzene rings is 1. The Labute approximate surface area is 118 Å². The van der Waals surface area contributed by atoms with Crippen LogP contribution in [0, 0.1) is 6.92 Å². The van der Waals surface area contributed by atoms with Crippen LogP contribution in [0.2, 0.25) is 0 Å². The van der Waals surface area contributed by atoms with Gasteiger partial charge in [-0.05, 0) is 26.3 Å². The van der Waals surface area contributed by atoms with Crippen LogP contribution in [0.1, 0.15) is 25.0 Å². The van der Waals surface area contributed by atoms with Crippen LogP contribution in [-0.4, -0.2) is 11.5 Å². The molecule has 0 saturated heterocycles. The molecule has 1 aromatic heterocycles. The molecule has 0 unspecified atom stereocenters. The molecule has 0 N–H and O–H groups in total. The van der Waals surface area contributed by atoms with Crippen LogP contribution in [0.4, 0.5) is 5.69 Å². The predicted octanol–water partition coefficient (Wildman–Crippen LogP) is 2.35. The van der Waals surface area contributed by atoms with Gasteiger partial charge in [0.2, 0.25) is 0 Å². The Bertz CT molecular complexity index is 1050. The van der Waals surface area contributed by atoms with E-state index in [0.717, 1.165) is 28.0 Å². The number of aliphatic imine (C=N–C) groups is 2. The number of allylic oxidation sites excluding steroid dienone is 1. The minimum absolute atomic E-state index is 0.221. The summed E-state index contributed by atoms with van der Waals surface area (Å²) < 4.78 is 10.1.